The molecule has 0 aliphatic heterocycles. The molecule has 5 nitrogen and oxygen atoms in total. The zero-order chi connectivity index (χ0) is 13.5. The third kappa shape index (κ3) is 1.46. The number of H-pyrrole nitrogens is 1. The molecule has 0 fully saturated rings. The monoisotopic (exact) mass is 262 g/mol. The van der Waals surface area contributed by atoms with E-state index in [0.717, 1.165) is 28.4 Å². The van der Waals surface area contributed by atoms with Crippen molar-refractivity contribution < 1.29 is 4.79 Å². The number of carbonyl (C=O) groups is 1. The molecule has 0 saturated heterocycles. The quantitative estimate of drug-likeness (QED) is 0.565. The Morgan fingerprint density at radius 3 is 2.95 bits per heavy atom. The molecule has 0 bridgehead atoms. The Morgan fingerprint density at radius 2 is 2.05 bits per heavy atom. The highest BCUT2D eigenvalue weighted by Gasteiger charge is 2.09. The summed E-state index contributed by atoms with van der Waals surface area (Å²) in [5.74, 6) is 0. The Bertz CT molecular complexity index is 935. The number of carbonyl (C=O) groups excluding carboxylic acids is 1. The highest BCUT2D eigenvalue weighted by atomic mass is 16.1. The SMILES string of the molecule is O=Cc1cnc2ccc(-c3c[nH]c4ccccc34)nn12. The van der Waals surface area contributed by atoms with Gasteiger partial charge in [-0.25, -0.2) is 9.50 Å². The van der Waals surface area contributed by atoms with Gasteiger partial charge in [0.25, 0.3) is 0 Å². The van der Waals surface area contributed by atoms with E-state index in [1.54, 1.807) is 4.52 Å². The Morgan fingerprint density at radius 1 is 1.15 bits per heavy atom. The maximum absolute atomic E-state index is 11.0. The van der Waals surface area contributed by atoms with E-state index in [0.29, 0.717) is 11.3 Å². The van der Waals surface area contributed by atoms with Crippen molar-refractivity contribution in [2.75, 3.05) is 0 Å². The standard InChI is InChI=1S/C15H10N4O/c20-9-10-7-17-15-6-5-14(18-19(10)15)12-8-16-13-4-2-1-3-11(12)13/h1-9,16H. The maximum atomic E-state index is 11.0. The highest BCUT2D eigenvalue weighted by molar-refractivity contribution is 5.94. The molecular weight excluding hydrogens is 252 g/mol. The van der Waals surface area contributed by atoms with Gasteiger partial charge in [-0.2, -0.15) is 5.10 Å². The van der Waals surface area contributed by atoms with E-state index in [2.05, 4.69) is 15.1 Å². The summed E-state index contributed by atoms with van der Waals surface area (Å²) < 4.78 is 1.56. The molecule has 0 saturated carbocycles. The lowest BCUT2D eigenvalue weighted by atomic mass is 10.1. The number of para-hydroxylation sites is 1. The number of fused-ring (bicyclic) bond motifs is 2. The summed E-state index contributed by atoms with van der Waals surface area (Å²) in [7, 11) is 0. The Kier molecular flexibility index (Phi) is 2.20. The summed E-state index contributed by atoms with van der Waals surface area (Å²) in [6, 6.07) is 11.8. The minimum Gasteiger partial charge on any atom is -0.360 e. The summed E-state index contributed by atoms with van der Waals surface area (Å²) in [5.41, 5.74) is 3.98. The predicted octanol–water partition coefficient (Wildman–Crippen LogP) is 2.69. The summed E-state index contributed by atoms with van der Waals surface area (Å²) in [6.45, 7) is 0. The summed E-state index contributed by atoms with van der Waals surface area (Å²) in [6.07, 6.45) is 4.21. The second kappa shape index (κ2) is 4.03. The van der Waals surface area contributed by atoms with Gasteiger partial charge in [-0.1, -0.05) is 18.2 Å². The third-order valence-electron chi connectivity index (χ3n) is 3.37. The molecule has 0 radical (unpaired) electrons. The van der Waals surface area contributed by atoms with Gasteiger partial charge in [-0.05, 0) is 18.2 Å². The van der Waals surface area contributed by atoms with Crippen LogP contribution in [0.3, 0.4) is 0 Å². The fraction of sp³-hybridized carbons (Fsp3) is 0. The van der Waals surface area contributed by atoms with E-state index in [9.17, 15) is 4.79 Å². The molecule has 5 heteroatoms. The molecule has 1 N–H and O–H groups in total. The lowest BCUT2D eigenvalue weighted by Crippen LogP contribution is -1.97. The Hall–Kier alpha value is -2.95. The van der Waals surface area contributed by atoms with Gasteiger partial charge in [-0.3, -0.25) is 4.79 Å². The number of aldehydes is 1. The van der Waals surface area contributed by atoms with Crippen molar-refractivity contribution in [3.05, 3.63) is 54.5 Å². The van der Waals surface area contributed by atoms with Crippen molar-refractivity contribution in [2.45, 2.75) is 0 Å². The van der Waals surface area contributed by atoms with Crippen LogP contribution in [0.1, 0.15) is 10.5 Å². The van der Waals surface area contributed by atoms with Gasteiger partial charge in [0.1, 0.15) is 5.69 Å². The minimum atomic E-state index is 0.446. The topological polar surface area (TPSA) is 63.0 Å². The molecule has 0 atom stereocenters. The van der Waals surface area contributed by atoms with Crippen LogP contribution < -0.4 is 0 Å². The van der Waals surface area contributed by atoms with Crippen molar-refractivity contribution in [1.29, 1.82) is 0 Å². The molecule has 0 unspecified atom stereocenters. The lowest BCUT2D eigenvalue weighted by Gasteiger charge is -2.01. The van der Waals surface area contributed by atoms with Crippen LogP contribution in [0.15, 0.2) is 48.8 Å². The number of aromatic nitrogens is 4. The largest absolute Gasteiger partial charge is 0.360 e. The van der Waals surface area contributed by atoms with E-state index in [4.69, 9.17) is 0 Å². The van der Waals surface area contributed by atoms with Crippen molar-refractivity contribution in [2.24, 2.45) is 0 Å². The van der Waals surface area contributed by atoms with Crippen LogP contribution in [0.4, 0.5) is 0 Å². The lowest BCUT2D eigenvalue weighted by molar-refractivity contribution is 0.111. The first kappa shape index (κ1) is 10.9. The number of hydrogen-bond donors (Lipinski definition) is 1. The van der Waals surface area contributed by atoms with Gasteiger partial charge in [0.05, 0.1) is 11.9 Å². The van der Waals surface area contributed by atoms with Crippen LogP contribution in [0.5, 0.6) is 0 Å². The molecule has 3 heterocycles. The summed E-state index contributed by atoms with van der Waals surface area (Å²) in [5, 5.41) is 5.61. The van der Waals surface area contributed by atoms with Gasteiger partial charge in [0, 0.05) is 22.7 Å². The molecule has 0 aliphatic carbocycles. The maximum Gasteiger partial charge on any atom is 0.170 e. The van der Waals surface area contributed by atoms with E-state index in [1.165, 1.54) is 6.20 Å². The van der Waals surface area contributed by atoms with Gasteiger partial charge in [0.15, 0.2) is 11.9 Å². The minimum absolute atomic E-state index is 0.446. The molecule has 0 amide bonds. The Labute approximate surface area is 113 Å². The van der Waals surface area contributed by atoms with Crippen LogP contribution in [-0.4, -0.2) is 25.9 Å². The van der Waals surface area contributed by atoms with E-state index in [-0.39, 0.29) is 0 Å². The van der Waals surface area contributed by atoms with Crippen LogP contribution in [0.25, 0.3) is 27.8 Å². The highest BCUT2D eigenvalue weighted by Crippen LogP contribution is 2.27. The normalized spacial score (nSPS) is 11.2. The number of imidazole rings is 1. The molecule has 3 aromatic heterocycles. The molecule has 4 aromatic rings. The smallest absolute Gasteiger partial charge is 0.170 e. The van der Waals surface area contributed by atoms with Crippen molar-refractivity contribution >= 4 is 22.8 Å². The average Bonchev–Trinajstić information content (AvgIpc) is 3.10. The summed E-state index contributed by atoms with van der Waals surface area (Å²) >= 11 is 0. The number of nitrogens with one attached hydrogen (secondary N) is 1. The van der Waals surface area contributed by atoms with Crippen molar-refractivity contribution in [3.8, 4) is 11.3 Å². The Balaban J connectivity index is 1.99. The molecule has 4 rings (SSSR count). The summed E-state index contributed by atoms with van der Waals surface area (Å²) in [4.78, 5) is 18.3. The number of aromatic amines is 1. The van der Waals surface area contributed by atoms with E-state index >= 15 is 0 Å². The van der Waals surface area contributed by atoms with Gasteiger partial charge in [-0.15, -0.1) is 0 Å². The van der Waals surface area contributed by atoms with Gasteiger partial charge >= 0.3 is 0 Å². The zero-order valence-corrected chi connectivity index (χ0v) is 10.4. The predicted molar refractivity (Wildman–Crippen MR) is 75.7 cm³/mol. The number of benzene rings is 1. The van der Waals surface area contributed by atoms with Crippen molar-refractivity contribution in [3.63, 3.8) is 0 Å². The third-order valence-corrected chi connectivity index (χ3v) is 3.37. The van der Waals surface area contributed by atoms with E-state index < -0.39 is 0 Å². The molecule has 0 spiro atoms. The number of nitrogens with zero attached hydrogens (tertiary/aromatic N) is 3. The average molecular weight is 262 g/mol. The fourth-order valence-corrected chi connectivity index (χ4v) is 2.40. The molecule has 20 heavy (non-hydrogen) atoms. The van der Waals surface area contributed by atoms with Crippen molar-refractivity contribution in [1.82, 2.24) is 19.6 Å². The number of rotatable bonds is 2. The first-order valence-corrected chi connectivity index (χ1v) is 6.23. The van der Waals surface area contributed by atoms with Gasteiger partial charge < -0.3 is 4.98 Å². The first-order valence-electron chi connectivity index (χ1n) is 6.23. The zero-order valence-electron chi connectivity index (χ0n) is 10.4. The fourth-order valence-electron chi connectivity index (χ4n) is 2.40. The second-order valence-electron chi connectivity index (χ2n) is 4.54. The molecule has 1 aromatic carbocycles. The number of hydrogen-bond acceptors (Lipinski definition) is 3. The van der Waals surface area contributed by atoms with Crippen LogP contribution >= 0.6 is 0 Å². The first-order chi connectivity index (χ1) is 9.86. The van der Waals surface area contributed by atoms with Crippen LogP contribution in [0, 0.1) is 0 Å². The molecule has 0 aliphatic rings. The molecule has 96 valence electrons. The second-order valence-corrected chi connectivity index (χ2v) is 4.54. The molecular formula is C15H10N4O. The van der Waals surface area contributed by atoms with Crippen LogP contribution in [0.2, 0.25) is 0 Å². The van der Waals surface area contributed by atoms with E-state index in [1.807, 2.05) is 42.6 Å². The van der Waals surface area contributed by atoms with Crippen LogP contribution in [-0.2, 0) is 0 Å². The van der Waals surface area contributed by atoms with Gasteiger partial charge in [0.2, 0.25) is 0 Å².